The minimum Gasteiger partial charge on any atom is -0.497 e. The van der Waals surface area contributed by atoms with Crippen molar-refractivity contribution in [1.29, 1.82) is 0 Å². The third-order valence-electron chi connectivity index (χ3n) is 5.01. The van der Waals surface area contributed by atoms with Crippen LogP contribution in [-0.2, 0) is 4.79 Å². The number of thioether (sulfide) groups is 1. The SMILES string of the molecule is COc1ccc(/C=C2/SC(=Nc3ccc(C)c(Cl)c3)N(c3ccc(C)c(Cl)c3)C2=O)cc1. The lowest BCUT2D eigenvalue weighted by molar-refractivity contribution is -0.113. The first-order valence-corrected chi connectivity index (χ1v) is 11.4. The van der Waals surface area contributed by atoms with Gasteiger partial charge < -0.3 is 4.74 Å². The molecule has 1 heterocycles. The lowest BCUT2D eigenvalue weighted by atomic mass is 10.2. The van der Waals surface area contributed by atoms with Crippen LogP contribution in [0, 0.1) is 13.8 Å². The Kier molecular flexibility index (Phi) is 6.60. The highest BCUT2D eigenvalue weighted by Gasteiger charge is 2.35. The predicted molar refractivity (Wildman–Crippen MR) is 136 cm³/mol. The summed E-state index contributed by atoms with van der Waals surface area (Å²) in [6, 6.07) is 18.6. The molecular formula is C25H20Cl2N2O2S. The molecule has 0 N–H and O–H groups in total. The van der Waals surface area contributed by atoms with Crippen LogP contribution in [0.1, 0.15) is 16.7 Å². The van der Waals surface area contributed by atoms with E-state index in [0.717, 1.165) is 22.4 Å². The van der Waals surface area contributed by atoms with Crippen molar-refractivity contribution in [2.45, 2.75) is 13.8 Å². The number of ether oxygens (including phenoxy) is 1. The van der Waals surface area contributed by atoms with Gasteiger partial charge in [0, 0.05) is 10.0 Å². The zero-order chi connectivity index (χ0) is 22.8. The van der Waals surface area contributed by atoms with Gasteiger partial charge in [0.05, 0.1) is 23.4 Å². The molecule has 3 aromatic carbocycles. The third kappa shape index (κ3) is 4.70. The number of benzene rings is 3. The molecule has 1 aliphatic heterocycles. The molecule has 0 radical (unpaired) electrons. The molecule has 1 saturated heterocycles. The summed E-state index contributed by atoms with van der Waals surface area (Å²) in [6.45, 7) is 3.86. The van der Waals surface area contributed by atoms with E-state index in [1.807, 2.05) is 68.5 Å². The van der Waals surface area contributed by atoms with Crippen LogP contribution in [-0.4, -0.2) is 18.2 Å². The van der Waals surface area contributed by atoms with E-state index in [1.54, 1.807) is 24.1 Å². The molecule has 1 fully saturated rings. The van der Waals surface area contributed by atoms with Gasteiger partial charge in [0.1, 0.15) is 5.75 Å². The number of carbonyl (C=O) groups is 1. The van der Waals surface area contributed by atoms with Gasteiger partial charge in [-0.25, -0.2) is 4.99 Å². The fourth-order valence-electron chi connectivity index (χ4n) is 3.11. The lowest BCUT2D eigenvalue weighted by Crippen LogP contribution is -2.28. The summed E-state index contributed by atoms with van der Waals surface area (Å²) in [6.07, 6.45) is 1.85. The average molecular weight is 483 g/mol. The number of nitrogens with zero attached hydrogens (tertiary/aromatic N) is 2. The third-order valence-corrected chi connectivity index (χ3v) is 6.80. The van der Waals surface area contributed by atoms with Gasteiger partial charge in [0.25, 0.3) is 5.91 Å². The monoisotopic (exact) mass is 482 g/mol. The normalized spacial score (nSPS) is 16.3. The molecule has 7 heteroatoms. The van der Waals surface area contributed by atoms with Crippen LogP contribution in [0.4, 0.5) is 11.4 Å². The van der Waals surface area contributed by atoms with Crippen LogP contribution in [0.25, 0.3) is 6.08 Å². The number of methoxy groups -OCH3 is 1. The molecule has 0 bridgehead atoms. The van der Waals surface area contributed by atoms with E-state index in [-0.39, 0.29) is 5.91 Å². The van der Waals surface area contributed by atoms with E-state index in [2.05, 4.69) is 0 Å². The predicted octanol–water partition coefficient (Wildman–Crippen LogP) is 7.43. The van der Waals surface area contributed by atoms with Crippen LogP contribution in [0.3, 0.4) is 0 Å². The summed E-state index contributed by atoms with van der Waals surface area (Å²) in [5, 5.41) is 1.75. The number of amidine groups is 1. The molecule has 0 spiro atoms. The van der Waals surface area contributed by atoms with Gasteiger partial charge in [-0.2, -0.15) is 0 Å². The van der Waals surface area contributed by atoms with Crippen LogP contribution in [0.15, 0.2) is 70.6 Å². The Labute approximate surface area is 201 Å². The number of anilines is 1. The quantitative estimate of drug-likeness (QED) is 0.363. The second-order valence-corrected chi connectivity index (χ2v) is 9.11. The number of aryl methyl sites for hydroxylation is 2. The zero-order valence-electron chi connectivity index (χ0n) is 17.7. The van der Waals surface area contributed by atoms with E-state index in [1.165, 1.54) is 11.8 Å². The molecule has 3 aromatic rings. The van der Waals surface area contributed by atoms with E-state index in [9.17, 15) is 4.79 Å². The largest absolute Gasteiger partial charge is 0.497 e. The Morgan fingerprint density at radius 1 is 0.938 bits per heavy atom. The molecule has 32 heavy (non-hydrogen) atoms. The van der Waals surface area contributed by atoms with Crippen LogP contribution in [0.2, 0.25) is 10.0 Å². The molecule has 0 saturated carbocycles. The smallest absolute Gasteiger partial charge is 0.271 e. The second kappa shape index (κ2) is 9.41. The van der Waals surface area contributed by atoms with Crippen molar-refractivity contribution in [2.24, 2.45) is 4.99 Å². The van der Waals surface area contributed by atoms with E-state index < -0.39 is 0 Å². The Balaban J connectivity index is 1.78. The highest BCUT2D eigenvalue weighted by atomic mass is 35.5. The van der Waals surface area contributed by atoms with Gasteiger partial charge in [-0.05, 0) is 84.8 Å². The van der Waals surface area contributed by atoms with Crippen LogP contribution >= 0.6 is 35.0 Å². The molecule has 0 aromatic heterocycles. The number of rotatable bonds is 4. The Morgan fingerprint density at radius 3 is 2.22 bits per heavy atom. The molecule has 0 atom stereocenters. The molecule has 162 valence electrons. The number of aliphatic imine (C=N–C) groups is 1. The van der Waals surface area contributed by atoms with Gasteiger partial charge >= 0.3 is 0 Å². The van der Waals surface area contributed by atoms with Crippen molar-refractivity contribution in [3.05, 3.63) is 92.3 Å². The van der Waals surface area contributed by atoms with Crippen molar-refractivity contribution in [3.63, 3.8) is 0 Å². The molecule has 1 amide bonds. The Hall–Kier alpha value is -2.73. The van der Waals surface area contributed by atoms with Crippen molar-refractivity contribution in [2.75, 3.05) is 12.0 Å². The highest BCUT2D eigenvalue weighted by molar-refractivity contribution is 8.19. The minimum atomic E-state index is -0.164. The highest BCUT2D eigenvalue weighted by Crippen LogP contribution is 2.39. The van der Waals surface area contributed by atoms with E-state index in [0.29, 0.717) is 31.5 Å². The topological polar surface area (TPSA) is 41.9 Å². The standard InChI is InChI=1S/C25H20Cl2N2O2S/c1-15-4-8-18(13-21(15)26)28-25-29(19-9-5-16(2)22(27)14-19)24(30)23(32-25)12-17-6-10-20(31-3)11-7-17/h4-14H,1-3H3/b23-12+,28-25?. The van der Waals surface area contributed by atoms with Crippen molar-refractivity contribution in [1.82, 2.24) is 0 Å². The van der Waals surface area contributed by atoms with Crippen molar-refractivity contribution in [3.8, 4) is 5.75 Å². The number of carbonyl (C=O) groups excluding carboxylic acids is 1. The van der Waals surface area contributed by atoms with Gasteiger partial charge in [0.2, 0.25) is 0 Å². The maximum Gasteiger partial charge on any atom is 0.271 e. The van der Waals surface area contributed by atoms with Crippen LogP contribution < -0.4 is 9.64 Å². The van der Waals surface area contributed by atoms with Crippen molar-refractivity contribution >= 4 is 63.5 Å². The molecular weight excluding hydrogens is 463 g/mol. The summed E-state index contributed by atoms with van der Waals surface area (Å²) >= 11 is 13.9. The average Bonchev–Trinajstić information content (AvgIpc) is 3.08. The summed E-state index contributed by atoms with van der Waals surface area (Å²) < 4.78 is 5.21. The van der Waals surface area contributed by atoms with E-state index in [4.69, 9.17) is 32.9 Å². The first-order valence-electron chi connectivity index (χ1n) is 9.85. The fourth-order valence-corrected chi connectivity index (χ4v) is 4.46. The summed E-state index contributed by atoms with van der Waals surface area (Å²) in [4.78, 5) is 20.3. The summed E-state index contributed by atoms with van der Waals surface area (Å²) in [7, 11) is 1.62. The Bertz CT molecular complexity index is 1250. The molecule has 4 rings (SSSR count). The number of amides is 1. The molecule has 0 unspecified atom stereocenters. The fraction of sp³-hybridized carbons (Fsp3) is 0.120. The number of halogens is 2. The molecule has 1 aliphatic rings. The zero-order valence-corrected chi connectivity index (χ0v) is 20.1. The van der Waals surface area contributed by atoms with Crippen molar-refractivity contribution < 1.29 is 9.53 Å². The Morgan fingerprint density at radius 2 is 1.59 bits per heavy atom. The van der Waals surface area contributed by atoms with Crippen LogP contribution in [0.5, 0.6) is 5.75 Å². The number of hydrogen-bond donors (Lipinski definition) is 0. The van der Waals surface area contributed by atoms with Gasteiger partial charge in [0.15, 0.2) is 5.17 Å². The number of hydrogen-bond acceptors (Lipinski definition) is 4. The van der Waals surface area contributed by atoms with E-state index >= 15 is 0 Å². The first kappa shape index (κ1) is 22.5. The molecule has 4 nitrogen and oxygen atoms in total. The van der Waals surface area contributed by atoms with Gasteiger partial charge in [-0.1, -0.05) is 47.5 Å². The second-order valence-electron chi connectivity index (χ2n) is 7.29. The minimum absolute atomic E-state index is 0.164. The summed E-state index contributed by atoms with van der Waals surface area (Å²) in [5.74, 6) is 0.592. The van der Waals surface area contributed by atoms with Gasteiger partial charge in [-0.3, -0.25) is 9.69 Å². The molecule has 0 aliphatic carbocycles. The summed E-state index contributed by atoms with van der Waals surface area (Å²) in [5.41, 5.74) is 4.13. The maximum absolute atomic E-state index is 13.4. The lowest BCUT2D eigenvalue weighted by Gasteiger charge is -2.16. The van der Waals surface area contributed by atoms with Gasteiger partial charge in [-0.15, -0.1) is 0 Å². The maximum atomic E-state index is 13.4. The first-order chi connectivity index (χ1) is 15.4.